The molecule has 2 aromatic rings. The van der Waals surface area contributed by atoms with E-state index in [-0.39, 0.29) is 0 Å². The zero-order valence-corrected chi connectivity index (χ0v) is 10.7. The molecule has 94 valence electrons. The number of hydrogen-bond acceptors (Lipinski definition) is 5. The first-order valence-corrected chi connectivity index (χ1v) is 6.96. The van der Waals surface area contributed by atoms with Crippen molar-refractivity contribution in [2.24, 2.45) is 5.84 Å². The molecule has 3 rings (SSSR count). The van der Waals surface area contributed by atoms with Crippen LogP contribution < -0.4 is 11.3 Å². The van der Waals surface area contributed by atoms with E-state index in [9.17, 15) is 0 Å². The average molecular weight is 261 g/mol. The Morgan fingerprint density at radius 2 is 2.22 bits per heavy atom. The molecule has 0 bridgehead atoms. The smallest absolute Gasteiger partial charge is 0.144 e. The van der Waals surface area contributed by atoms with Gasteiger partial charge in [-0.1, -0.05) is 18.2 Å². The van der Waals surface area contributed by atoms with E-state index in [0.717, 1.165) is 41.3 Å². The summed E-state index contributed by atoms with van der Waals surface area (Å²) >= 11 is 1.89. The number of ether oxygens (including phenoxy) is 1. The first-order chi connectivity index (χ1) is 8.86. The SMILES string of the molecule is NNc1nc2ccccc2cc1CSC1COC1. The summed E-state index contributed by atoms with van der Waals surface area (Å²) in [4.78, 5) is 4.53. The molecule has 18 heavy (non-hydrogen) atoms. The molecule has 1 aliphatic heterocycles. The standard InChI is InChI=1S/C13H15N3OS/c14-16-13-10(8-18-11-6-17-7-11)5-9-3-1-2-4-12(9)15-13/h1-5,11H,6-8,14H2,(H,15,16). The zero-order chi connectivity index (χ0) is 12.4. The average Bonchev–Trinajstić information content (AvgIpc) is 2.36. The summed E-state index contributed by atoms with van der Waals surface area (Å²) < 4.78 is 5.17. The third-order valence-corrected chi connectivity index (χ3v) is 4.24. The molecule has 0 spiro atoms. The summed E-state index contributed by atoms with van der Waals surface area (Å²) in [6, 6.07) is 10.2. The van der Waals surface area contributed by atoms with Crippen LogP contribution in [0.15, 0.2) is 30.3 Å². The minimum Gasteiger partial charge on any atom is -0.379 e. The highest BCUT2D eigenvalue weighted by atomic mass is 32.2. The molecule has 1 saturated heterocycles. The largest absolute Gasteiger partial charge is 0.379 e. The van der Waals surface area contributed by atoms with E-state index in [1.807, 2.05) is 30.0 Å². The summed E-state index contributed by atoms with van der Waals surface area (Å²) in [5.41, 5.74) is 4.80. The lowest BCUT2D eigenvalue weighted by Gasteiger charge is -2.25. The Morgan fingerprint density at radius 3 is 2.94 bits per heavy atom. The van der Waals surface area contributed by atoms with Gasteiger partial charge in [0, 0.05) is 16.7 Å². The fraction of sp³-hybridized carbons (Fsp3) is 0.308. The fourth-order valence-electron chi connectivity index (χ4n) is 1.91. The molecule has 1 aromatic carbocycles. The Morgan fingerprint density at radius 1 is 1.39 bits per heavy atom. The van der Waals surface area contributed by atoms with Crippen molar-refractivity contribution in [3.8, 4) is 0 Å². The summed E-state index contributed by atoms with van der Waals surface area (Å²) in [6.45, 7) is 1.72. The van der Waals surface area contributed by atoms with Crippen molar-refractivity contribution in [2.75, 3.05) is 18.6 Å². The van der Waals surface area contributed by atoms with Crippen molar-refractivity contribution >= 4 is 28.5 Å². The monoisotopic (exact) mass is 261 g/mol. The van der Waals surface area contributed by atoms with Crippen LogP contribution in [0.4, 0.5) is 5.82 Å². The van der Waals surface area contributed by atoms with E-state index < -0.39 is 0 Å². The van der Waals surface area contributed by atoms with Gasteiger partial charge in [-0.3, -0.25) is 0 Å². The number of nitrogen functional groups attached to an aromatic ring is 1. The lowest BCUT2D eigenvalue weighted by Crippen LogP contribution is -2.30. The maximum Gasteiger partial charge on any atom is 0.144 e. The van der Waals surface area contributed by atoms with Gasteiger partial charge in [0.2, 0.25) is 0 Å². The second-order valence-electron chi connectivity index (χ2n) is 4.30. The van der Waals surface area contributed by atoms with Crippen LogP contribution in [0, 0.1) is 0 Å². The fourth-order valence-corrected chi connectivity index (χ4v) is 2.93. The number of nitrogens with two attached hydrogens (primary N) is 1. The maximum atomic E-state index is 5.55. The topological polar surface area (TPSA) is 60.2 Å². The van der Waals surface area contributed by atoms with Crippen LogP contribution in [0.5, 0.6) is 0 Å². The van der Waals surface area contributed by atoms with Crippen molar-refractivity contribution in [1.82, 2.24) is 4.98 Å². The van der Waals surface area contributed by atoms with Crippen LogP contribution in [-0.4, -0.2) is 23.4 Å². The number of para-hydroxylation sites is 1. The summed E-state index contributed by atoms with van der Waals surface area (Å²) in [5.74, 6) is 7.22. The minimum absolute atomic E-state index is 0.613. The highest BCUT2D eigenvalue weighted by Gasteiger charge is 2.19. The molecule has 5 heteroatoms. The van der Waals surface area contributed by atoms with Crippen LogP contribution in [0.3, 0.4) is 0 Å². The van der Waals surface area contributed by atoms with E-state index in [1.54, 1.807) is 0 Å². The van der Waals surface area contributed by atoms with Gasteiger partial charge < -0.3 is 10.2 Å². The minimum atomic E-state index is 0.613. The Balaban J connectivity index is 1.87. The molecule has 0 atom stereocenters. The summed E-state index contributed by atoms with van der Waals surface area (Å²) in [5, 5.41) is 1.76. The van der Waals surface area contributed by atoms with Crippen molar-refractivity contribution in [1.29, 1.82) is 0 Å². The second-order valence-corrected chi connectivity index (χ2v) is 5.59. The summed E-state index contributed by atoms with van der Waals surface area (Å²) in [6.07, 6.45) is 0. The van der Waals surface area contributed by atoms with E-state index in [0.29, 0.717) is 5.25 Å². The van der Waals surface area contributed by atoms with Crippen LogP contribution in [0.25, 0.3) is 10.9 Å². The third-order valence-electron chi connectivity index (χ3n) is 3.02. The molecule has 4 nitrogen and oxygen atoms in total. The maximum absolute atomic E-state index is 5.55. The number of hydrazine groups is 1. The van der Waals surface area contributed by atoms with Gasteiger partial charge in [0.05, 0.1) is 24.0 Å². The molecule has 0 radical (unpaired) electrons. The van der Waals surface area contributed by atoms with Gasteiger partial charge in [0.25, 0.3) is 0 Å². The lowest BCUT2D eigenvalue weighted by atomic mass is 10.1. The quantitative estimate of drug-likeness (QED) is 0.652. The van der Waals surface area contributed by atoms with E-state index >= 15 is 0 Å². The molecule has 1 aromatic heterocycles. The van der Waals surface area contributed by atoms with Gasteiger partial charge in [-0.2, -0.15) is 0 Å². The van der Waals surface area contributed by atoms with E-state index in [1.165, 1.54) is 0 Å². The van der Waals surface area contributed by atoms with Gasteiger partial charge in [-0.25, -0.2) is 10.8 Å². The Kier molecular flexibility index (Phi) is 3.36. The Bertz CT molecular complexity index is 557. The lowest BCUT2D eigenvalue weighted by molar-refractivity contribution is 0.0455. The van der Waals surface area contributed by atoms with Gasteiger partial charge in [0.1, 0.15) is 5.82 Å². The number of nitrogens with zero attached hydrogens (tertiary/aromatic N) is 1. The normalized spacial score (nSPS) is 15.6. The van der Waals surface area contributed by atoms with Crippen LogP contribution in [0.2, 0.25) is 0 Å². The molecule has 1 aliphatic rings. The molecular formula is C13H15N3OS. The molecule has 3 N–H and O–H groups in total. The molecule has 0 saturated carbocycles. The van der Waals surface area contributed by atoms with Gasteiger partial charge in [-0.05, 0) is 12.1 Å². The predicted molar refractivity (Wildman–Crippen MR) is 75.5 cm³/mol. The number of thioether (sulfide) groups is 1. The van der Waals surface area contributed by atoms with Crippen molar-refractivity contribution in [3.63, 3.8) is 0 Å². The number of rotatable bonds is 4. The van der Waals surface area contributed by atoms with E-state index in [2.05, 4.69) is 22.5 Å². The van der Waals surface area contributed by atoms with Gasteiger partial charge >= 0.3 is 0 Å². The van der Waals surface area contributed by atoms with Crippen molar-refractivity contribution in [2.45, 2.75) is 11.0 Å². The van der Waals surface area contributed by atoms with Gasteiger partial charge in [0.15, 0.2) is 0 Å². The molecular weight excluding hydrogens is 246 g/mol. The predicted octanol–water partition coefficient (Wildman–Crippen LogP) is 2.15. The number of fused-ring (bicyclic) bond motifs is 1. The number of hydrogen-bond donors (Lipinski definition) is 2. The third kappa shape index (κ3) is 2.29. The number of aromatic nitrogens is 1. The highest BCUT2D eigenvalue weighted by molar-refractivity contribution is 7.99. The van der Waals surface area contributed by atoms with Gasteiger partial charge in [-0.15, -0.1) is 11.8 Å². The number of anilines is 1. The van der Waals surface area contributed by atoms with Crippen molar-refractivity contribution < 1.29 is 4.74 Å². The molecule has 0 unspecified atom stereocenters. The van der Waals surface area contributed by atoms with Crippen LogP contribution >= 0.6 is 11.8 Å². The molecule has 0 aliphatic carbocycles. The van der Waals surface area contributed by atoms with Crippen LogP contribution in [-0.2, 0) is 10.5 Å². The second kappa shape index (κ2) is 5.14. The van der Waals surface area contributed by atoms with Crippen molar-refractivity contribution in [3.05, 3.63) is 35.9 Å². The Labute approximate surface area is 110 Å². The number of pyridine rings is 1. The van der Waals surface area contributed by atoms with E-state index in [4.69, 9.17) is 10.6 Å². The first kappa shape index (κ1) is 11.8. The number of benzene rings is 1. The zero-order valence-electron chi connectivity index (χ0n) is 9.93. The molecule has 0 amide bonds. The van der Waals surface area contributed by atoms with Crippen LogP contribution in [0.1, 0.15) is 5.56 Å². The Hall–Kier alpha value is -1.30. The number of nitrogens with one attached hydrogen (secondary N) is 1. The summed E-state index contributed by atoms with van der Waals surface area (Å²) in [7, 11) is 0. The molecule has 1 fully saturated rings. The first-order valence-electron chi connectivity index (χ1n) is 5.91. The highest BCUT2D eigenvalue weighted by Crippen LogP contribution is 2.28. The molecule has 2 heterocycles.